The Kier molecular flexibility index (Phi) is 5.08. The summed E-state index contributed by atoms with van der Waals surface area (Å²) in [6, 6.07) is 10.1. The number of carbonyl (C=O) groups is 1. The van der Waals surface area contributed by atoms with Crippen LogP contribution in [0.3, 0.4) is 0 Å². The van der Waals surface area contributed by atoms with Crippen LogP contribution in [0.1, 0.15) is 26.2 Å². The van der Waals surface area contributed by atoms with Gasteiger partial charge in [0.15, 0.2) is 0 Å². The van der Waals surface area contributed by atoms with E-state index >= 15 is 0 Å². The Hall–Kier alpha value is -1.00. The molecule has 1 amide bonds. The second-order valence-corrected chi connectivity index (χ2v) is 5.77. The van der Waals surface area contributed by atoms with Crippen molar-refractivity contribution in [1.82, 2.24) is 10.4 Å². The first kappa shape index (κ1) is 13.4. The Bertz CT molecular complexity index is 377. The van der Waals surface area contributed by atoms with Gasteiger partial charge in [-0.25, -0.2) is 5.01 Å². The molecule has 1 unspecified atom stereocenters. The highest BCUT2D eigenvalue weighted by atomic mass is 32.2. The average molecular weight is 264 g/mol. The number of hydrazine groups is 1. The van der Waals surface area contributed by atoms with Crippen LogP contribution in [0.15, 0.2) is 35.2 Å². The number of hydrogen-bond donors (Lipinski definition) is 1. The minimum atomic E-state index is -0.00648. The third-order valence-corrected chi connectivity index (χ3v) is 4.44. The molecule has 0 aliphatic carbocycles. The number of thioether (sulfide) groups is 1. The van der Waals surface area contributed by atoms with Crippen LogP contribution in [0, 0.1) is 0 Å². The quantitative estimate of drug-likeness (QED) is 0.830. The fraction of sp³-hybridized carbons (Fsp3) is 0.500. The zero-order valence-electron chi connectivity index (χ0n) is 10.8. The van der Waals surface area contributed by atoms with E-state index in [1.807, 2.05) is 23.2 Å². The molecule has 0 bridgehead atoms. The van der Waals surface area contributed by atoms with Gasteiger partial charge in [0, 0.05) is 18.0 Å². The predicted octanol–water partition coefficient (Wildman–Crippen LogP) is 2.68. The number of nitrogens with one attached hydrogen (secondary N) is 1. The van der Waals surface area contributed by atoms with E-state index in [1.165, 1.54) is 12.8 Å². The van der Waals surface area contributed by atoms with Gasteiger partial charge in [-0.1, -0.05) is 25.1 Å². The second-order valence-electron chi connectivity index (χ2n) is 4.50. The zero-order chi connectivity index (χ0) is 12.8. The highest BCUT2D eigenvalue weighted by Gasteiger charge is 2.21. The predicted molar refractivity (Wildman–Crippen MR) is 75.3 cm³/mol. The Morgan fingerprint density at radius 1 is 1.33 bits per heavy atom. The van der Waals surface area contributed by atoms with Gasteiger partial charge in [0.05, 0.1) is 5.25 Å². The first-order valence-electron chi connectivity index (χ1n) is 6.56. The lowest BCUT2D eigenvalue weighted by Crippen LogP contribution is -2.44. The molecule has 1 aliphatic rings. The van der Waals surface area contributed by atoms with Gasteiger partial charge in [-0.2, -0.15) is 0 Å². The normalized spacial score (nSPS) is 17.6. The lowest BCUT2D eigenvalue weighted by atomic mass is 10.3. The van der Waals surface area contributed by atoms with Crippen molar-refractivity contribution in [3.63, 3.8) is 0 Å². The summed E-state index contributed by atoms with van der Waals surface area (Å²) < 4.78 is 0. The second kappa shape index (κ2) is 6.81. The van der Waals surface area contributed by atoms with Crippen molar-refractivity contribution < 1.29 is 4.79 Å². The molecule has 1 aromatic carbocycles. The molecule has 0 spiro atoms. The van der Waals surface area contributed by atoms with Gasteiger partial charge >= 0.3 is 0 Å². The molecule has 98 valence electrons. The van der Waals surface area contributed by atoms with Crippen molar-refractivity contribution in [2.75, 3.05) is 13.1 Å². The third kappa shape index (κ3) is 3.75. The Morgan fingerprint density at radius 3 is 2.61 bits per heavy atom. The molecule has 0 aromatic heterocycles. The standard InChI is InChI=1S/C14H20N2OS/c1-2-13(18-12-8-4-3-5-9-12)14(17)15-16-10-6-7-11-16/h3-5,8-9,13H,2,6-7,10-11H2,1H3,(H,15,17). The maximum absolute atomic E-state index is 12.2. The molecule has 1 fully saturated rings. The van der Waals surface area contributed by atoms with Crippen molar-refractivity contribution in [2.24, 2.45) is 0 Å². The van der Waals surface area contributed by atoms with Crippen LogP contribution in [0.2, 0.25) is 0 Å². The van der Waals surface area contributed by atoms with Crippen LogP contribution < -0.4 is 5.43 Å². The fourth-order valence-corrected chi connectivity index (χ4v) is 3.01. The molecular weight excluding hydrogens is 244 g/mol. The fourth-order valence-electron chi connectivity index (χ4n) is 2.04. The van der Waals surface area contributed by atoms with E-state index in [0.717, 1.165) is 24.4 Å². The Balaban J connectivity index is 1.89. The van der Waals surface area contributed by atoms with E-state index in [0.29, 0.717) is 0 Å². The van der Waals surface area contributed by atoms with Gasteiger partial charge in [0.2, 0.25) is 5.91 Å². The van der Waals surface area contributed by atoms with Crippen molar-refractivity contribution in [2.45, 2.75) is 36.3 Å². The molecule has 1 aromatic rings. The lowest BCUT2D eigenvalue weighted by Gasteiger charge is -2.20. The number of hydrogen-bond acceptors (Lipinski definition) is 3. The lowest BCUT2D eigenvalue weighted by molar-refractivity contribution is -0.124. The maximum Gasteiger partial charge on any atom is 0.247 e. The zero-order valence-corrected chi connectivity index (χ0v) is 11.6. The molecule has 2 rings (SSSR count). The summed E-state index contributed by atoms with van der Waals surface area (Å²) in [6.45, 7) is 4.03. The molecular formula is C14H20N2OS. The minimum Gasteiger partial charge on any atom is -0.288 e. The highest BCUT2D eigenvalue weighted by Crippen LogP contribution is 2.25. The smallest absolute Gasteiger partial charge is 0.247 e. The van der Waals surface area contributed by atoms with Crippen LogP contribution in [0.5, 0.6) is 0 Å². The summed E-state index contributed by atoms with van der Waals surface area (Å²) in [4.78, 5) is 13.3. The van der Waals surface area contributed by atoms with Crippen molar-refractivity contribution >= 4 is 17.7 Å². The maximum atomic E-state index is 12.2. The molecule has 0 radical (unpaired) electrons. The summed E-state index contributed by atoms with van der Waals surface area (Å²) in [7, 11) is 0. The average Bonchev–Trinajstić information content (AvgIpc) is 2.90. The van der Waals surface area contributed by atoms with Gasteiger partial charge in [0.1, 0.15) is 0 Å². The van der Waals surface area contributed by atoms with Gasteiger partial charge in [-0.05, 0) is 31.4 Å². The summed E-state index contributed by atoms with van der Waals surface area (Å²) >= 11 is 1.64. The summed E-state index contributed by atoms with van der Waals surface area (Å²) in [5.41, 5.74) is 3.02. The van der Waals surface area contributed by atoms with Crippen LogP contribution in [0.4, 0.5) is 0 Å². The van der Waals surface area contributed by atoms with Crippen molar-refractivity contribution in [3.05, 3.63) is 30.3 Å². The van der Waals surface area contributed by atoms with Crippen LogP contribution >= 0.6 is 11.8 Å². The summed E-state index contributed by atoms with van der Waals surface area (Å²) in [5, 5.41) is 2.03. The van der Waals surface area contributed by atoms with Crippen molar-refractivity contribution in [3.8, 4) is 0 Å². The molecule has 1 aliphatic heterocycles. The van der Waals surface area contributed by atoms with E-state index in [2.05, 4.69) is 24.5 Å². The van der Waals surface area contributed by atoms with E-state index < -0.39 is 0 Å². The monoisotopic (exact) mass is 264 g/mol. The molecule has 0 saturated carbocycles. The molecule has 18 heavy (non-hydrogen) atoms. The number of nitrogens with zero attached hydrogens (tertiary/aromatic N) is 1. The topological polar surface area (TPSA) is 32.3 Å². The SMILES string of the molecule is CCC(Sc1ccccc1)C(=O)NN1CCCC1. The molecule has 1 heterocycles. The van der Waals surface area contributed by atoms with Gasteiger partial charge in [0.25, 0.3) is 0 Å². The van der Waals surface area contributed by atoms with Crippen LogP contribution in [-0.4, -0.2) is 29.3 Å². The number of carbonyl (C=O) groups excluding carboxylic acids is 1. The molecule has 1 N–H and O–H groups in total. The number of benzene rings is 1. The highest BCUT2D eigenvalue weighted by molar-refractivity contribution is 8.00. The Labute approximate surface area is 113 Å². The molecule has 4 heteroatoms. The first-order valence-corrected chi connectivity index (χ1v) is 7.44. The van der Waals surface area contributed by atoms with Crippen LogP contribution in [-0.2, 0) is 4.79 Å². The van der Waals surface area contributed by atoms with E-state index in [-0.39, 0.29) is 11.2 Å². The van der Waals surface area contributed by atoms with Crippen molar-refractivity contribution in [1.29, 1.82) is 0 Å². The van der Waals surface area contributed by atoms with Crippen LogP contribution in [0.25, 0.3) is 0 Å². The molecule has 3 nitrogen and oxygen atoms in total. The van der Waals surface area contributed by atoms with E-state index in [4.69, 9.17) is 0 Å². The van der Waals surface area contributed by atoms with Gasteiger partial charge < -0.3 is 0 Å². The third-order valence-electron chi connectivity index (χ3n) is 3.06. The molecule has 1 saturated heterocycles. The van der Waals surface area contributed by atoms with Gasteiger partial charge in [-0.15, -0.1) is 11.8 Å². The van der Waals surface area contributed by atoms with E-state index in [9.17, 15) is 4.79 Å². The Morgan fingerprint density at radius 2 is 2.00 bits per heavy atom. The minimum absolute atomic E-state index is 0.00648. The largest absolute Gasteiger partial charge is 0.288 e. The number of amides is 1. The van der Waals surface area contributed by atoms with Gasteiger partial charge in [-0.3, -0.25) is 10.2 Å². The van der Waals surface area contributed by atoms with E-state index in [1.54, 1.807) is 11.8 Å². The number of rotatable bonds is 5. The summed E-state index contributed by atoms with van der Waals surface area (Å²) in [6.07, 6.45) is 3.21. The summed E-state index contributed by atoms with van der Waals surface area (Å²) in [5.74, 6) is 0.133. The first-order chi connectivity index (χ1) is 8.79. The molecule has 1 atom stereocenters.